The number of anilines is 2. The minimum absolute atomic E-state index is 0.0821. The molecule has 9 heteroatoms. The van der Waals surface area contributed by atoms with E-state index in [0.29, 0.717) is 11.5 Å². The lowest BCUT2D eigenvalue weighted by Crippen LogP contribution is -2.30. The Labute approximate surface area is 145 Å². The van der Waals surface area contributed by atoms with Crippen molar-refractivity contribution in [2.75, 3.05) is 29.5 Å². The first-order valence-electron chi connectivity index (χ1n) is 8.13. The maximum Gasteiger partial charge on any atom is 0.263 e. The Kier molecular flexibility index (Phi) is 4.08. The van der Waals surface area contributed by atoms with E-state index in [0.717, 1.165) is 31.7 Å². The smallest absolute Gasteiger partial charge is 0.263 e. The van der Waals surface area contributed by atoms with Crippen LogP contribution in [0.15, 0.2) is 35.2 Å². The third-order valence-electron chi connectivity index (χ3n) is 4.22. The van der Waals surface area contributed by atoms with Gasteiger partial charge in [0.25, 0.3) is 10.0 Å². The van der Waals surface area contributed by atoms with Crippen molar-refractivity contribution >= 4 is 21.7 Å². The van der Waals surface area contributed by atoms with Crippen LogP contribution in [-0.4, -0.2) is 38.5 Å². The minimum Gasteiger partial charge on any atom is -0.454 e. The molecule has 1 aromatic heterocycles. The molecule has 0 amide bonds. The Hall–Kier alpha value is -2.55. The molecule has 132 valence electrons. The van der Waals surface area contributed by atoms with E-state index in [-0.39, 0.29) is 17.5 Å². The topological polar surface area (TPSA) is 93.7 Å². The molecule has 0 unspecified atom stereocenters. The Morgan fingerprint density at radius 1 is 0.960 bits per heavy atom. The highest BCUT2D eigenvalue weighted by atomic mass is 32.2. The van der Waals surface area contributed by atoms with Crippen LogP contribution >= 0.6 is 0 Å². The van der Waals surface area contributed by atoms with Gasteiger partial charge < -0.3 is 14.4 Å². The van der Waals surface area contributed by atoms with Gasteiger partial charge in [-0.15, -0.1) is 10.2 Å². The highest BCUT2D eigenvalue weighted by Gasteiger charge is 2.21. The van der Waals surface area contributed by atoms with Crippen molar-refractivity contribution in [2.45, 2.75) is 24.2 Å². The second kappa shape index (κ2) is 6.40. The van der Waals surface area contributed by atoms with Gasteiger partial charge in [0.1, 0.15) is 0 Å². The summed E-state index contributed by atoms with van der Waals surface area (Å²) >= 11 is 0. The second-order valence-electron chi connectivity index (χ2n) is 5.95. The summed E-state index contributed by atoms with van der Waals surface area (Å²) in [4.78, 5) is 2.24. The van der Waals surface area contributed by atoms with Crippen molar-refractivity contribution in [1.29, 1.82) is 0 Å². The molecule has 1 N–H and O–H groups in total. The van der Waals surface area contributed by atoms with E-state index in [1.807, 2.05) is 0 Å². The van der Waals surface area contributed by atoms with E-state index in [1.54, 1.807) is 18.2 Å². The summed E-state index contributed by atoms with van der Waals surface area (Å²) < 4.78 is 37.9. The SMILES string of the molecule is O=S(=O)(Nc1ccc(N2CCCCC2)nn1)c1ccc2c(c1)OCO2. The van der Waals surface area contributed by atoms with Crippen LogP contribution in [0.5, 0.6) is 11.5 Å². The van der Waals surface area contributed by atoms with E-state index in [1.165, 1.54) is 18.6 Å². The molecule has 1 saturated heterocycles. The number of aromatic nitrogens is 2. The third-order valence-corrected chi connectivity index (χ3v) is 5.58. The number of hydrogen-bond donors (Lipinski definition) is 1. The quantitative estimate of drug-likeness (QED) is 0.889. The molecule has 4 rings (SSSR count). The van der Waals surface area contributed by atoms with Gasteiger partial charge >= 0.3 is 0 Å². The van der Waals surface area contributed by atoms with Crippen molar-refractivity contribution in [3.8, 4) is 11.5 Å². The van der Waals surface area contributed by atoms with Gasteiger partial charge in [0, 0.05) is 19.2 Å². The Morgan fingerprint density at radius 3 is 2.52 bits per heavy atom. The number of fused-ring (bicyclic) bond motifs is 1. The molecule has 0 bridgehead atoms. The molecular weight excluding hydrogens is 344 g/mol. The number of nitrogens with one attached hydrogen (secondary N) is 1. The number of ether oxygens (including phenoxy) is 2. The Morgan fingerprint density at radius 2 is 1.76 bits per heavy atom. The van der Waals surface area contributed by atoms with Crippen LogP contribution < -0.4 is 19.1 Å². The van der Waals surface area contributed by atoms with E-state index < -0.39 is 10.0 Å². The molecule has 3 heterocycles. The van der Waals surface area contributed by atoms with Crippen LogP contribution in [0.25, 0.3) is 0 Å². The summed E-state index contributed by atoms with van der Waals surface area (Å²) in [5.74, 6) is 1.89. The predicted octanol–water partition coefficient (Wildman–Crippen LogP) is 2.00. The van der Waals surface area contributed by atoms with Gasteiger partial charge in [0.05, 0.1) is 4.90 Å². The molecule has 0 atom stereocenters. The first kappa shape index (κ1) is 15.9. The van der Waals surface area contributed by atoms with Gasteiger partial charge in [0.15, 0.2) is 23.1 Å². The van der Waals surface area contributed by atoms with Gasteiger partial charge in [-0.05, 0) is 43.5 Å². The fourth-order valence-electron chi connectivity index (χ4n) is 2.91. The lowest BCUT2D eigenvalue weighted by atomic mass is 10.1. The maximum atomic E-state index is 12.5. The largest absolute Gasteiger partial charge is 0.454 e. The van der Waals surface area contributed by atoms with Crippen molar-refractivity contribution in [1.82, 2.24) is 10.2 Å². The summed E-state index contributed by atoms with van der Waals surface area (Å²) in [6.07, 6.45) is 3.51. The summed E-state index contributed by atoms with van der Waals surface area (Å²) in [5.41, 5.74) is 0. The maximum absolute atomic E-state index is 12.5. The number of benzene rings is 1. The van der Waals surface area contributed by atoms with E-state index in [4.69, 9.17) is 9.47 Å². The molecule has 0 spiro atoms. The number of hydrogen-bond acceptors (Lipinski definition) is 7. The van der Waals surface area contributed by atoms with Gasteiger partial charge in [0.2, 0.25) is 6.79 Å². The highest BCUT2D eigenvalue weighted by molar-refractivity contribution is 7.92. The van der Waals surface area contributed by atoms with Crippen molar-refractivity contribution in [2.24, 2.45) is 0 Å². The third kappa shape index (κ3) is 3.32. The van der Waals surface area contributed by atoms with Gasteiger partial charge in [-0.1, -0.05) is 0 Å². The standard InChI is InChI=1S/C16H18N4O4S/c21-25(22,12-4-5-13-14(10-12)24-11-23-13)19-15-6-7-16(18-17-15)20-8-2-1-3-9-20/h4-7,10H,1-3,8-9,11H2,(H,17,19). The molecule has 8 nitrogen and oxygen atoms in total. The van der Waals surface area contributed by atoms with Crippen LogP contribution in [0.3, 0.4) is 0 Å². The van der Waals surface area contributed by atoms with Crippen LogP contribution in [0, 0.1) is 0 Å². The zero-order chi connectivity index (χ0) is 17.3. The molecule has 0 saturated carbocycles. The molecule has 0 aliphatic carbocycles. The number of rotatable bonds is 4. The average molecular weight is 362 g/mol. The highest BCUT2D eigenvalue weighted by Crippen LogP contribution is 2.34. The molecule has 2 aromatic rings. The molecule has 2 aliphatic heterocycles. The van der Waals surface area contributed by atoms with Crippen LogP contribution in [-0.2, 0) is 10.0 Å². The number of piperidine rings is 1. The normalized spacial score (nSPS) is 16.7. The fourth-order valence-corrected chi connectivity index (χ4v) is 3.92. The van der Waals surface area contributed by atoms with Gasteiger partial charge in [-0.2, -0.15) is 0 Å². The zero-order valence-corrected chi connectivity index (χ0v) is 14.3. The summed E-state index contributed by atoms with van der Waals surface area (Å²) in [7, 11) is -3.77. The monoisotopic (exact) mass is 362 g/mol. The molecule has 1 aromatic carbocycles. The lowest BCUT2D eigenvalue weighted by molar-refractivity contribution is 0.174. The molecule has 1 fully saturated rings. The number of nitrogens with zero attached hydrogens (tertiary/aromatic N) is 3. The van der Waals surface area contributed by atoms with Crippen LogP contribution in [0.1, 0.15) is 19.3 Å². The van der Waals surface area contributed by atoms with E-state index >= 15 is 0 Å². The Bertz CT molecular complexity index is 864. The van der Waals surface area contributed by atoms with Crippen LogP contribution in [0.4, 0.5) is 11.6 Å². The molecule has 0 radical (unpaired) electrons. The summed E-state index contributed by atoms with van der Waals surface area (Å²) in [6.45, 7) is 2.00. The fraction of sp³-hybridized carbons (Fsp3) is 0.375. The van der Waals surface area contributed by atoms with E-state index in [9.17, 15) is 8.42 Å². The van der Waals surface area contributed by atoms with E-state index in [2.05, 4.69) is 19.8 Å². The van der Waals surface area contributed by atoms with Crippen molar-refractivity contribution < 1.29 is 17.9 Å². The number of sulfonamides is 1. The van der Waals surface area contributed by atoms with Crippen molar-refractivity contribution in [3.63, 3.8) is 0 Å². The lowest BCUT2D eigenvalue weighted by Gasteiger charge is -2.27. The summed E-state index contributed by atoms with van der Waals surface area (Å²) in [6, 6.07) is 7.88. The minimum atomic E-state index is -3.77. The first-order chi connectivity index (χ1) is 12.1. The van der Waals surface area contributed by atoms with Gasteiger partial charge in [-0.3, -0.25) is 4.72 Å². The molecule has 2 aliphatic rings. The molecular formula is C16H18N4O4S. The predicted molar refractivity (Wildman–Crippen MR) is 91.5 cm³/mol. The zero-order valence-electron chi connectivity index (χ0n) is 13.5. The Balaban J connectivity index is 1.50. The summed E-state index contributed by atoms with van der Waals surface area (Å²) in [5, 5.41) is 8.14. The second-order valence-corrected chi connectivity index (χ2v) is 7.63. The average Bonchev–Trinajstić information content (AvgIpc) is 3.10. The van der Waals surface area contributed by atoms with Gasteiger partial charge in [-0.25, -0.2) is 8.42 Å². The molecule has 25 heavy (non-hydrogen) atoms. The first-order valence-corrected chi connectivity index (χ1v) is 9.61. The van der Waals surface area contributed by atoms with Crippen molar-refractivity contribution in [3.05, 3.63) is 30.3 Å². The van der Waals surface area contributed by atoms with Crippen LogP contribution in [0.2, 0.25) is 0 Å².